The lowest BCUT2D eigenvalue weighted by atomic mass is 10.2. The molecule has 0 atom stereocenters. The van der Waals surface area contributed by atoms with Crippen LogP contribution in [0.4, 0.5) is 5.69 Å². The number of anilines is 1. The summed E-state index contributed by atoms with van der Waals surface area (Å²) in [6.45, 7) is 0. The summed E-state index contributed by atoms with van der Waals surface area (Å²) in [5.74, 6) is 0.224. The van der Waals surface area contributed by atoms with E-state index in [2.05, 4.69) is 51.8 Å². The lowest BCUT2D eigenvalue weighted by Gasteiger charge is -2.06. The predicted molar refractivity (Wildman–Crippen MR) is 78.6 cm³/mol. The highest BCUT2D eigenvalue weighted by molar-refractivity contribution is 9.10. The second-order valence-corrected chi connectivity index (χ2v) is 4.69. The number of rotatable bonds is 3. The molecule has 0 bridgehead atoms. The predicted octanol–water partition coefficient (Wildman–Crippen LogP) is 1.88. The van der Waals surface area contributed by atoms with E-state index in [0.29, 0.717) is 0 Å². The van der Waals surface area contributed by atoms with Gasteiger partial charge in [0, 0.05) is 18.6 Å². The standard InChI is InChI=1S/C12H7BrN8/c13-10-8(1-2-9-11(10)16-4-3-15-9)17-6-7(5-14)12-18-20-21-19-12/h1-4,6,17H,(H,18,19,20,21). The van der Waals surface area contributed by atoms with E-state index in [1.54, 1.807) is 12.4 Å². The Labute approximate surface area is 127 Å². The molecular formula is C12H7BrN8. The molecule has 21 heavy (non-hydrogen) atoms. The highest BCUT2D eigenvalue weighted by Crippen LogP contribution is 2.29. The normalized spacial score (nSPS) is 11.3. The quantitative estimate of drug-likeness (QED) is 0.698. The van der Waals surface area contributed by atoms with Gasteiger partial charge in [-0.1, -0.05) is 0 Å². The van der Waals surface area contributed by atoms with Crippen LogP contribution in [-0.2, 0) is 0 Å². The van der Waals surface area contributed by atoms with Crippen LogP contribution >= 0.6 is 15.9 Å². The van der Waals surface area contributed by atoms with E-state index in [4.69, 9.17) is 5.26 Å². The topological polar surface area (TPSA) is 116 Å². The summed E-state index contributed by atoms with van der Waals surface area (Å²) in [5.41, 5.74) is 2.51. The van der Waals surface area contributed by atoms with E-state index in [-0.39, 0.29) is 11.4 Å². The van der Waals surface area contributed by atoms with Crippen molar-refractivity contribution in [2.75, 3.05) is 5.32 Å². The van der Waals surface area contributed by atoms with E-state index < -0.39 is 0 Å². The Hall–Kier alpha value is -2.86. The number of aromatic nitrogens is 6. The molecule has 3 rings (SSSR count). The molecule has 0 aliphatic carbocycles. The van der Waals surface area contributed by atoms with Gasteiger partial charge < -0.3 is 5.32 Å². The van der Waals surface area contributed by atoms with Crippen LogP contribution < -0.4 is 5.32 Å². The van der Waals surface area contributed by atoms with E-state index in [1.807, 2.05) is 18.2 Å². The third-order valence-electron chi connectivity index (χ3n) is 2.66. The Balaban J connectivity index is 1.95. The molecular weight excluding hydrogens is 336 g/mol. The Morgan fingerprint density at radius 1 is 1.33 bits per heavy atom. The molecule has 9 heteroatoms. The van der Waals surface area contributed by atoms with Crippen LogP contribution in [-0.4, -0.2) is 30.6 Å². The molecule has 0 aliphatic heterocycles. The number of fused-ring (bicyclic) bond motifs is 1. The highest BCUT2D eigenvalue weighted by atomic mass is 79.9. The monoisotopic (exact) mass is 342 g/mol. The molecule has 2 N–H and O–H groups in total. The lowest BCUT2D eigenvalue weighted by molar-refractivity contribution is 0.881. The summed E-state index contributed by atoms with van der Waals surface area (Å²) in [5, 5.41) is 25.4. The third kappa shape index (κ3) is 2.56. The van der Waals surface area contributed by atoms with Crippen LogP contribution in [0.15, 0.2) is 35.2 Å². The molecule has 1 aromatic carbocycles. The van der Waals surface area contributed by atoms with E-state index in [9.17, 15) is 0 Å². The molecule has 0 fully saturated rings. The maximum absolute atomic E-state index is 9.10. The van der Waals surface area contributed by atoms with Crippen LogP contribution in [0.25, 0.3) is 16.6 Å². The van der Waals surface area contributed by atoms with Crippen molar-refractivity contribution in [3.8, 4) is 6.07 Å². The smallest absolute Gasteiger partial charge is 0.216 e. The first kappa shape index (κ1) is 13.1. The Morgan fingerprint density at radius 2 is 2.19 bits per heavy atom. The van der Waals surface area contributed by atoms with Crippen molar-refractivity contribution in [2.24, 2.45) is 0 Å². The number of allylic oxidation sites excluding steroid dienone is 1. The van der Waals surface area contributed by atoms with Crippen molar-refractivity contribution in [1.82, 2.24) is 30.6 Å². The number of halogens is 1. The summed E-state index contributed by atoms with van der Waals surface area (Å²) in [7, 11) is 0. The molecule has 3 aromatic rings. The first-order valence-electron chi connectivity index (χ1n) is 5.79. The van der Waals surface area contributed by atoms with Gasteiger partial charge in [0.25, 0.3) is 0 Å². The second kappa shape index (κ2) is 5.64. The molecule has 0 saturated heterocycles. The largest absolute Gasteiger partial charge is 0.359 e. The van der Waals surface area contributed by atoms with Crippen molar-refractivity contribution in [1.29, 1.82) is 5.26 Å². The van der Waals surface area contributed by atoms with Gasteiger partial charge in [-0.15, -0.1) is 10.2 Å². The number of benzene rings is 1. The summed E-state index contributed by atoms with van der Waals surface area (Å²) >= 11 is 3.48. The number of aromatic amines is 1. The number of hydrogen-bond donors (Lipinski definition) is 2. The molecule has 0 radical (unpaired) electrons. The SMILES string of the molecule is N#CC(=CNc1ccc2nccnc2c1Br)c1nn[nH]n1. The zero-order chi connectivity index (χ0) is 14.7. The van der Waals surface area contributed by atoms with Gasteiger partial charge in [0.05, 0.1) is 15.7 Å². The van der Waals surface area contributed by atoms with Gasteiger partial charge in [0.2, 0.25) is 5.82 Å². The summed E-state index contributed by atoms with van der Waals surface area (Å²) in [6.07, 6.45) is 4.76. The van der Waals surface area contributed by atoms with E-state index in [0.717, 1.165) is 21.2 Å². The van der Waals surface area contributed by atoms with Gasteiger partial charge in [-0.3, -0.25) is 9.97 Å². The van der Waals surface area contributed by atoms with Gasteiger partial charge in [-0.05, 0) is 33.3 Å². The molecule has 0 unspecified atom stereocenters. The Bertz CT molecular complexity index is 849. The minimum atomic E-state index is 0.224. The van der Waals surface area contributed by atoms with Crippen molar-refractivity contribution in [3.05, 3.63) is 41.0 Å². The number of nitriles is 1. The molecule has 0 saturated carbocycles. The first-order chi connectivity index (χ1) is 10.3. The minimum Gasteiger partial charge on any atom is -0.359 e. The molecule has 0 aliphatic rings. The zero-order valence-corrected chi connectivity index (χ0v) is 12.0. The fourth-order valence-corrected chi connectivity index (χ4v) is 2.24. The summed E-state index contributed by atoms with van der Waals surface area (Å²) < 4.78 is 0.759. The lowest BCUT2D eigenvalue weighted by Crippen LogP contribution is -1.95. The molecule has 0 amide bonds. The van der Waals surface area contributed by atoms with Gasteiger partial charge in [0.15, 0.2) is 0 Å². The number of nitrogens with one attached hydrogen (secondary N) is 2. The number of nitrogens with zero attached hydrogens (tertiary/aromatic N) is 6. The fraction of sp³-hybridized carbons (Fsp3) is 0. The van der Waals surface area contributed by atoms with Crippen LogP contribution in [0.2, 0.25) is 0 Å². The van der Waals surface area contributed by atoms with Gasteiger partial charge in [0.1, 0.15) is 17.2 Å². The Kier molecular flexibility index (Phi) is 3.53. The summed E-state index contributed by atoms with van der Waals surface area (Å²) in [4.78, 5) is 8.48. The van der Waals surface area contributed by atoms with Crippen LogP contribution in [0.3, 0.4) is 0 Å². The number of tetrazole rings is 1. The fourth-order valence-electron chi connectivity index (χ4n) is 1.69. The maximum Gasteiger partial charge on any atom is 0.216 e. The summed E-state index contributed by atoms with van der Waals surface area (Å²) in [6, 6.07) is 5.67. The van der Waals surface area contributed by atoms with Gasteiger partial charge in [-0.25, -0.2) is 0 Å². The van der Waals surface area contributed by atoms with Crippen LogP contribution in [0.1, 0.15) is 5.82 Å². The second-order valence-electron chi connectivity index (χ2n) is 3.90. The molecule has 2 aromatic heterocycles. The first-order valence-corrected chi connectivity index (χ1v) is 6.58. The minimum absolute atomic E-state index is 0.224. The van der Waals surface area contributed by atoms with Crippen LogP contribution in [0, 0.1) is 11.3 Å². The molecule has 8 nitrogen and oxygen atoms in total. The van der Waals surface area contributed by atoms with Gasteiger partial charge >= 0.3 is 0 Å². The zero-order valence-electron chi connectivity index (χ0n) is 10.4. The third-order valence-corrected chi connectivity index (χ3v) is 3.46. The average molecular weight is 343 g/mol. The van der Waals surface area contributed by atoms with E-state index >= 15 is 0 Å². The van der Waals surface area contributed by atoms with Crippen molar-refractivity contribution < 1.29 is 0 Å². The van der Waals surface area contributed by atoms with Gasteiger partial charge in [-0.2, -0.15) is 10.5 Å². The molecule has 0 spiro atoms. The van der Waals surface area contributed by atoms with E-state index in [1.165, 1.54) is 6.20 Å². The van der Waals surface area contributed by atoms with Crippen molar-refractivity contribution >= 4 is 38.2 Å². The maximum atomic E-state index is 9.10. The molecule has 2 heterocycles. The number of H-pyrrole nitrogens is 1. The highest BCUT2D eigenvalue weighted by Gasteiger charge is 2.08. The number of hydrogen-bond acceptors (Lipinski definition) is 7. The molecule has 102 valence electrons. The van der Waals surface area contributed by atoms with Crippen LogP contribution in [0.5, 0.6) is 0 Å². The average Bonchev–Trinajstić information content (AvgIpc) is 3.04. The Morgan fingerprint density at radius 3 is 2.95 bits per heavy atom. The van der Waals surface area contributed by atoms with Crippen molar-refractivity contribution in [3.63, 3.8) is 0 Å². The van der Waals surface area contributed by atoms with Crippen molar-refractivity contribution in [2.45, 2.75) is 0 Å².